The van der Waals surface area contributed by atoms with Crippen LogP contribution in [0.3, 0.4) is 0 Å². The summed E-state index contributed by atoms with van der Waals surface area (Å²) in [5, 5.41) is 0. The van der Waals surface area contributed by atoms with E-state index in [2.05, 4.69) is 82.1 Å². The molecule has 2 heterocycles. The average molecular weight is 428 g/mol. The number of hydrogen-bond acceptors (Lipinski definition) is 2. The molecule has 0 bridgehead atoms. The molecule has 0 spiro atoms. The quantitative estimate of drug-likeness (QED) is 0.402. The highest BCUT2D eigenvalue weighted by molar-refractivity contribution is 9.11. The molecule has 0 unspecified atom stereocenters. The van der Waals surface area contributed by atoms with Crippen LogP contribution in [0.15, 0.2) is 44.0 Å². The van der Waals surface area contributed by atoms with Gasteiger partial charge < -0.3 is 0 Å². The van der Waals surface area contributed by atoms with Crippen molar-refractivity contribution in [3.63, 3.8) is 0 Å². The predicted molar refractivity (Wildman–Crippen MR) is 97.9 cm³/mol. The Balaban J connectivity index is 2.11. The summed E-state index contributed by atoms with van der Waals surface area (Å²) in [6.45, 7) is 4.38. The van der Waals surface area contributed by atoms with E-state index in [0.717, 1.165) is 0 Å². The first-order valence-electron chi connectivity index (χ1n) is 6.17. The van der Waals surface area contributed by atoms with Crippen molar-refractivity contribution >= 4 is 54.5 Å². The van der Waals surface area contributed by atoms with Gasteiger partial charge in [-0.05, 0) is 104 Å². The Kier molecular flexibility index (Phi) is 4.18. The second-order valence-electron chi connectivity index (χ2n) is 4.69. The molecule has 0 aliphatic carbocycles. The van der Waals surface area contributed by atoms with Gasteiger partial charge >= 0.3 is 0 Å². The van der Waals surface area contributed by atoms with Crippen LogP contribution in [-0.2, 0) is 0 Å². The molecule has 3 aromatic rings. The molecule has 0 fully saturated rings. The van der Waals surface area contributed by atoms with Gasteiger partial charge in [0.15, 0.2) is 0 Å². The summed E-state index contributed by atoms with van der Waals surface area (Å²) in [6, 6.07) is 13.2. The van der Waals surface area contributed by atoms with Crippen LogP contribution >= 0.6 is 54.5 Å². The number of halogens is 2. The normalized spacial score (nSPS) is 11.0. The van der Waals surface area contributed by atoms with Crippen LogP contribution in [0.2, 0.25) is 0 Å². The minimum absolute atomic E-state index is 1.18. The van der Waals surface area contributed by atoms with E-state index in [1.165, 1.54) is 39.6 Å². The molecule has 4 heteroatoms. The van der Waals surface area contributed by atoms with Crippen LogP contribution in [0, 0.1) is 13.8 Å². The van der Waals surface area contributed by atoms with Gasteiger partial charge in [0, 0.05) is 9.75 Å². The van der Waals surface area contributed by atoms with Crippen LogP contribution in [0.25, 0.3) is 20.9 Å². The zero-order valence-corrected chi connectivity index (χ0v) is 15.8. The van der Waals surface area contributed by atoms with Crippen LogP contribution < -0.4 is 0 Å². The highest BCUT2D eigenvalue weighted by Gasteiger charge is 2.11. The maximum atomic E-state index is 3.54. The highest BCUT2D eigenvalue weighted by atomic mass is 79.9. The molecule has 0 saturated heterocycles. The minimum atomic E-state index is 1.18. The zero-order valence-electron chi connectivity index (χ0n) is 11.0. The van der Waals surface area contributed by atoms with Crippen LogP contribution in [0.5, 0.6) is 0 Å². The zero-order chi connectivity index (χ0) is 14.3. The van der Waals surface area contributed by atoms with Gasteiger partial charge in [0.25, 0.3) is 0 Å². The fraction of sp³-hybridized carbons (Fsp3) is 0.125. The van der Waals surface area contributed by atoms with E-state index in [0.29, 0.717) is 0 Å². The molecule has 0 amide bonds. The molecule has 20 heavy (non-hydrogen) atoms. The van der Waals surface area contributed by atoms with Crippen LogP contribution in [-0.4, -0.2) is 0 Å². The number of rotatable bonds is 2. The van der Waals surface area contributed by atoms with E-state index in [1.54, 1.807) is 22.7 Å². The van der Waals surface area contributed by atoms with Crippen molar-refractivity contribution in [3.05, 3.63) is 55.1 Å². The van der Waals surface area contributed by atoms with Gasteiger partial charge in [0.1, 0.15) is 0 Å². The first-order valence-corrected chi connectivity index (χ1v) is 9.39. The Bertz CT molecular complexity index is 703. The molecule has 102 valence electrons. The van der Waals surface area contributed by atoms with Crippen molar-refractivity contribution in [1.29, 1.82) is 0 Å². The number of thiophene rings is 2. The lowest BCUT2D eigenvalue weighted by Gasteiger charge is -2.10. The van der Waals surface area contributed by atoms with Crippen molar-refractivity contribution in [2.24, 2.45) is 0 Å². The molecule has 0 atom stereocenters. The highest BCUT2D eigenvalue weighted by Crippen LogP contribution is 2.39. The van der Waals surface area contributed by atoms with Crippen molar-refractivity contribution in [2.75, 3.05) is 0 Å². The van der Waals surface area contributed by atoms with Gasteiger partial charge in [0.2, 0.25) is 0 Å². The molecule has 0 radical (unpaired) electrons. The smallest absolute Gasteiger partial charge is 0.0705 e. The predicted octanol–water partition coefficient (Wildman–Crippen LogP) is 7.29. The molecule has 0 saturated carbocycles. The standard InChI is InChI=1S/C16H12Br2S2/c1-9-7-12(14-4-6-16(18)20-14)10(2)8-11(9)13-3-5-15(17)19-13/h3-8H,1-2H3. The second-order valence-corrected chi connectivity index (χ2v) is 9.62. The number of benzene rings is 1. The molecule has 0 aliphatic heterocycles. The number of hydrogen-bond donors (Lipinski definition) is 0. The lowest BCUT2D eigenvalue weighted by atomic mass is 9.98. The van der Waals surface area contributed by atoms with Gasteiger partial charge in [-0.3, -0.25) is 0 Å². The Morgan fingerprint density at radius 2 is 1.10 bits per heavy atom. The van der Waals surface area contributed by atoms with Gasteiger partial charge in [-0.1, -0.05) is 0 Å². The Hall–Kier alpha value is -0.420. The van der Waals surface area contributed by atoms with Crippen molar-refractivity contribution in [2.45, 2.75) is 13.8 Å². The summed E-state index contributed by atoms with van der Waals surface area (Å²) in [5.41, 5.74) is 5.31. The average Bonchev–Trinajstić information content (AvgIpc) is 3.00. The third-order valence-corrected chi connectivity index (χ3v) is 6.56. The number of aryl methyl sites for hydroxylation is 2. The second kappa shape index (κ2) is 5.76. The maximum Gasteiger partial charge on any atom is 0.0705 e. The summed E-state index contributed by atoms with van der Waals surface area (Å²) < 4.78 is 2.35. The third-order valence-electron chi connectivity index (χ3n) is 3.25. The summed E-state index contributed by atoms with van der Waals surface area (Å²) in [5.74, 6) is 0. The van der Waals surface area contributed by atoms with Gasteiger partial charge in [-0.15, -0.1) is 22.7 Å². The lowest BCUT2D eigenvalue weighted by Crippen LogP contribution is -1.87. The topological polar surface area (TPSA) is 0 Å². The monoisotopic (exact) mass is 426 g/mol. The fourth-order valence-electron chi connectivity index (χ4n) is 2.27. The Labute approximate surface area is 143 Å². The fourth-order valence-corrected chi connectivity index (χ4v) is 5.20. The van der Waals surface area contributed by atoms with Gasteiger partial charge in [0.05, 0.1) is 7.57 Å². The first-order chi connectivity index (χ1) is 9.54. The molecule has 1 aromatic carbocycles. The van der Waals surface area contributed by atoms with Crippen molar-refractivity contribution in [1.82, 2.24) is 0 Å². The maximum absolute atomic E-state index is 3.54. The summed E-state index contributed by atoms with van der Waals surface area (Å²) in [4.78, 5) is 2.63. The molecule has 0 N–H and O–H groups in total. The largest absolute Gasteiger partial charge is 0.128 e. The molecule has 0 nitrogen and oxygen atoms in total. The molecule has 0 aliphatic rings. The van der Waals surface area contributed by atoms with Crippen LogP contribution in [0.1, 0.15) is 11.1 Å². The SMILES string of the molecule is Cc1cc(-c2ccc(Br)s2)c(C)cc1-c1ccc(Br)s1. The van der Waals surface area contributed by atoms with E-state index in [1.807, 2.05) is 0 Å². The summed E-state index contributed by atoms with van der Waals surface area (Å²) >= 11 is 10.6. The molecular formula is C16H12Br2S2. The van der Waals surface area contributed by atoms with E-state index in [9.17, 15) is 0 Å². The summed E-state index contributed by atoms with van der Waals surface area (Å²) in [6.07, 6.45) is 0. The Morgan fingerprint density at radius 3 is 1.40 bits per heavy atom. The molecule has 2 aromatic heterocycles. The summed E-state index contributed by atoms with van der Waals surface area (Å²) in [7, 11) is 0. The van der Waals surface area contributed by atoms with E-state index >= 15 is 0 Å². The van der Waals surface area contributed by atoms with Gasteiger partial charge in [-0.25, -0.2) is 0 Å². The Morgan fingerprint density at radius 1 is 0.700 bits per heavy atom. The molecule has 3 rings (SSSR count). The molecular weight excluding hydrogens is 416 g/mol. The van der Waals surface area contributed by atoms with E-state index < -0.39 is 0 Å². The first kappa shape index (κ1) is 14.5. The van der Waals surface area contributed by atoms with E-state index in [-0.39, 0.29) is 0 Å². The van der Waals surface area contributed by atoms with E-state index in [4.69, 9.17) is 0 Å². The lowest BCUT2D eigenvalue weighted by molar-refractivity contribution is 1.41. The van der Waals surface area contributed by atoms with Crippen molar-refractivity contribution in [3.8, 4) is 20.9 Å². The third kappa shape index (κ3) is 2.80. The van der Waals surface area contributed by atoms with Crippen LogP contribution in [0.4, 0.5) is 0 Å². The van der Waals surface area contributed by atoms with Gasteiger partial charge in [-0.2, -0.15) is 0 Å². The minimum Gasteiger partial charge on any atom is -0.128 e. The van der Waals surface area contributed by atoms with Crippen molar-refractivity contribution < 1.29 is 0 Å².